The van der Waals surface area contributed by atoms with Crippen molar-refractivity contribution < 1.29 is 33.5 Å². The first kappa shape index (κ1) is 22.7. The number of aliphatic carboxylic acids is 2. The summed E-state index contributed by atoms with van der Waals surface area (Å²) in [7, 11) is 0. The highest BCUT2D eigenvalue weighted by atomic mass is 16.5. The molecule has 1 saturated heterocycles. The molecule has 1 fully saturated rings. The maximum atomic E-state index is 11.9. The van der Waals surface area contributed by atoms with Gasteiger partial charge in [0.25, 0.3) is 0 Å². The van der Waals surface area contributed by atoms with Crippen LogP contribution in [0.25, 0.3) is 0 Å². The second-order valence-electron chi connectivity index (χ2n) is 7.07. The molecule has 1 amide bonds. The molecule has 1 aromatic carbocycles. The fraction of sp³-hybridized carbons (Fsp3) is 0.286. The predicted molar refractivity (Wildman–Crippen MR) is 109 cm³/mol. The predicted octanol–water partition coefficient (Wildman–Crippen LogP) is 1.12. The molecule has 3 N–H and O–H groups in total. The van der Waals surface area contributed by atoms with Crippen LogP contribution in [0, 0.1) is 0 Å². The maximum Gasteiger partial charge on any atom is 0.414 e. The van der Waals surface area contributed by atoms with Crippen molar-refractivity contribution in [2.75, 3.05) is 19.6 Å². The summed E-state index contributed by atoms with van der Waals surface area (Å²) >= 11 is 0. The Hall–Kier alpha value is -3.99. The van der Waals surface area contributed by atoms with E-state index in [1.165, 1.54) is 0 Å². The summed E-state index contributed by atoms with van der Waals surface area (Å²) in [6.07, 6.45) is 2.26. The molecule has 2 aromatic heterocycles. The minimum atomic E-state index is -1.82. The average molecular weight is 442 g/mol. The van der Waals surface area contributed by atoms with E-state index in [0.29, 0.717) is 31.2 Å². The van der Waals surface area contributed by atoms with E-state index in [-0.39, 0.29) is 11.8 Å². The molecule has 0 saturated carbocycles. The number of hydrogen-bond acceptors (Lipinski definition) is 8. The molecule has 4 rings (SSSR count). The van der Waals surface area contributed by atoms with Gasteiger partial charge in [0.2, 0.25) is 11.8 Å². The van der Waals surface area contributed by atoms with Crippen molar-refractivity contribution in [3.05, 3.63) is 71.8 Å². The zero-order valence-corrected chi connectivity index (χ0v) is 17.0. The smallest absolute Gasteiger partial charge is 0.414 e. The number of likely N-dealkylation sites (tertiary alicyclic amines) is 1. The number of nitrogens with zero attached hydrogens (tertiary/aromatic N) is 3. The van der Waals surface area contributed by atoms with Crippen molar-refractivity contribution in [3.63, 3.8) is 0 Å². The van der Waals surface area contributed by atoms with E-state index < -0.39 is 11.9 Å². The van der Waals surface area contributed by atoms with Gasteiger partial charge in [0.05, 0.1) is 25.3 Å². The molecule has 1 aliphatic heterocycles. The Balaban J connectivity index is 0.000000427. The SMILES string of the molecule is O=C(CN1CC(c2nc(Cc3ccccc3)no2)C1)NCc1ccco1.O=C(O)C(=O)O. The van der Waals surface area contributed by atoms with Gasteiger partial charge in [0, 0.05) is 19.5 Å². The van der Waals surface area contributed by atoms with Crippen molar-refractivity contribution in [3.8, 4) is 0 Å². The van der Waals surface area contributed by atoms with E-state index in [1.807, 2.05) is 36.4 Å². The largest absolute Gasteiger partial charge is 0.473 e. The molecule has 0 bridgehead atoms. The number of carboxylic acid groups (broad SMARTS) is 2. The molecule has 168 valence electrons. The van der Waals surface area contributed by atoms with E-state index >= 15 is 0 Å². The van der Waals surface area contributed by atoms with Gasteiger partial charge in [-0.25, -0.2) is 9.59 Å². The van der Waals surface area contributed by atoms with Crippen LogP contribution in [0.1, 0.15) is 29.0 Å². The lowest BCUT2D eigenvalue weighted by atomic mass is 10.0. The molecule has 0 unspecified atom stereocenters. The van der Waals surface area contributed by atoms with Crippen molar-refractivity contribution in [2.24, 2.45) is 0 Å². The number of rotatable bonds is 7. The van der Waals surface area contributed by atoms with Gasteiger partial charge in [0.15, 0.2) is 5.82 Å². The van der Waals surface area contributed by atoms with Crippen LogP contribution >= 0.6 is 0 Å². The highest BCUT2D eigenvalue weighted by molar-refractivity contribution is 6.27. The van der Waals surface area contributed by atoms with Crippen molar-refractivity contribution in [1.29, 1.82) is 0 Å². The second-order valence-corrected chi connectivity index (χ2v) is 7.07. The van der Waals surface area contributed by atoms with Crippen LogP contribution < -0.4 is 5.32 Å². The minimum Gasteiger partial charge on any atom is -0.473 e. The number of carbonyl (C=O) groups is 3. The van der Waals surface area contributed by atoms with Gasteiger partial charge in [-0.3, -0.25) is 9.69 Å². The third kappa shape index (κ3) is 6.77. The highest BCUT2D eigenvalue weighted by Crippen LogP contribution is 2.25. The van der Waals surface area contributed by atoms with Crippen LogP contribution in [-0.2, 0) is 27.3 Å². The third-order valence-electron chi connectivity index (χ3n) is 4.59. The summed E-state index contributed by atoms with van der Waals surface area (Å²) in [5, 5.41) is 21.7. The topological polar surface area (TPSA) is 159 Å². The molecule has 0 atom stereocenters. The number of carboxylic acids is 2. The van der Waals surface area contributed by atoms with Crippen LogP contribution in [0.5, 0.6) is 0 Å². The van der Waals surface area contributed by atoms with Gasteiger partial charge in [-0.2, -0.15) is 4.98 Å². The molecule has 0 spiro atoms. The zero-order chi connectivity index (χ0) is 22.9. The molecule has 3 aromatic rings. The number of aromatic nitrogens is 2. The lowest BCUT2D eigenvalue weighted by Gasteiger charge is -2.36. The Morgan fingerprint density at radius 3 is 2.41 bits per heavy atom. The van der Waals surface area contributed by atoms with Crippen LogP contribution in [-0.4, -0.2) is 62.7 Å². The fourth-order valence-corrected chi connectivity index (χ4v) is 3.00. The van der Waals surface area contributed by atoms with E-state index in [9.17, 15) is 4.79 Å². The highest BCUT2D eigenvalue weighted by Gasteiger charge is 2.33. The number of nitrogens with one attached hydrogen (secondary N) is 1. The molecular formula is C21H22N4O7. The first-order valence-corrected chi connectivity index (χ1v) is 9.74. The van der Waals surface area contributed by atoms with E-state index in [1.54, 1.807) is 12.3 Å². The normalized spacial score (nSPS) is 13.5. The summed E-state index contributed by atoms with van der Waals surface area (Å²) in [6.45, 7) is 2.28. The summed E-state index contributed by atoms with van der Waals surface area (Å²) in [5.41, 5.74) is 1.16. The Bertz CT molecular complexity index is 1020. The monoisotopic (exact) mass is 442 g/mol. The maximum absolute atomic E-state index is 11.9. The standard InChI is InChI=1S/C19H20N4O3.C2H2O4/c24-18(20-10-16-7-4-8-25-16)13-23-11-15(12-23)19-21-17(22-26-19)9-14-5-2-1-3-6-14;3-1(4)2(5)6/h1-8,15H,9-13H2,(H,20,24);(H,3,4)(H,5,6). The van der Waals surface area contributed by atoms with Crippen LogP contribution in [0.3, 0.4) is 0 Å². The molecule has 32 heavy (non-hydrogen) atoms. The Morgan fingerprint density at radius 1 is 1.06 bits per heavy atom. The number of amides is 1. The molecule has 0 radical (unpaired) electrons. The summed E-state index contributed by atoms with van der Waals surface area (Å²) in [6, 6.07) is 13.7. The Labute approximate surface area is 182 Å². The molecule has 3 heterocycles. The number of hydrogen-bond donors (Lipinski definition) is 3. The van der Waals surface area contributed by atoms with Crippen LogP contribution in [0.15, 0.2) is 57.7 Å². The second kappa shape index (κ2) is 10.9. The lowest BCUT2D eigenvalue weighted by Crippen LogP contribution is -2.49. The first-order valence-electron chi connectivity index (χ1n) is 9.74. The van der Waals surface area contributed by atoms with E-state index in [2.05, 4.69) is 20.4 Å². The van der Waals surface area contributed by atoms with Gasteiger partial charge < -0.3 is 24.5 Å². The van der Waals surface area contributed by atoms with E-state index in [0.717, 1.165) is 24.4 Å². The van der Waals surface area contributed by atoms with Crippen LogP contribution in [0.4, 0.5) is 0 Å². The fourth-order valence-electron chi connectivity index (χ4n) is 3.00. The molecular weight excluding hydrogens is 420 g/mol. The number of benzene rings is 1. The zero-order valence-electron chi connectivity index (χ0n) is 17.0. The van der Waals surface area contributed by atoms with Gasteiger partial charge in [-0.1, -0.05) is 35.5 Å². The van der Waals surface area contributed by atoms with Crippen molar-refractivity contribution in [1.82, 2.24) is 20.4 Å². The van der Waals surface area contributed by atoms with Crippen LogP contribution in [0.2, 0.25) is 0 Å². The minimum absolute atomic E-state index is 0.0184. The average Bonchev–Trinajstić information content (AvgIpc) is 3.42. The molecule has 1 aliphatic rings. The molecule has 0 aliphatic carbocycles. The summed E-state index contributed by atoms with van der Waals surface area (Å²) in [5.74, 6) is -1.37. The third-order valence-corrected chi connectivity index (χ3v) is 4.59. The van der Waals surface area contributed by atoms with Gasteiger partial charge in [-0.15, -0.1) is 0 Å². The first-order chi connectivity index (χ1) is 15.4. The van der Waals surface area contributed by atoms with Crippen molar-refractivity contribution >= 4 is 17.8 Å². The molecule has 11 heteroatoms. The molecule has 11 nitrogen and oxygen atoms in total. The summed E-state index contributed by atoms with van der Waals surface area (Å²) < 4.78 is 10.6. The van der Waals surface area contributed by atoms with Gasteiger partial charge in [0.1, 0.15) is 5.76 Å². The summed E-state index contributed by atoms with van der Waals surface area (Å²) in [4.78, 5) is 36.7. The van der Waals surface area contributed by atoms with Gasteiger partial charge in [-0.05, 0) is 17.7 Å². The Kier molecular flexibility index (Phi) is 7.70. The van der Waals surface area contributed by atoms with Crippen molar-refractivity contribution in [2.45, 2.75) is 18.9 Å². The number of furan rings is 1. The van der Waals surface area contributed by atoms with E-state index in [4.69, 9.17) is 28.7 Å². The van der Waals surface area contributed by atoms with Gasteiger partial charge >= 0.3 is 11.9 Å². The lowest BCUT2D eigenvalue weighted by molar-refractivity contribution is -0.159. The Morgan fingerprint density at radius 2 is 1.78 bits per heavy atom. The number of carbonyl (C=O) groups excluding carboxylic acids is 1. The quantitative estimate of drug-likeness (QED) is 0.453.